The Hall–Kier alpha value is -1.35. The highest BCUT2D eigenvalue weighted by molar-refractivity contribution is 5.50. The van der Waals surface area contributed by atoms with E-state index in [0.717, 1.165) is 12.1 Å². The van der Waals surface area contributed by atoms with E-state index in [-0.39, 0.29) is 0 Å². The number of likely N-dealkylation sites (N-methyl/N-ethyl adjacent to an activating group) is 1. The molecule has 1 aromatic rings. The van der Waals surface area contributed by atoms with Crippen molar-refractivity contribution in [3.8, 4) is 5.88 Å². The smallest absolute Gasteiger partial charge is 0.213 e. The molecule has 0 radical (unpaired) electrons. The van der Waals surface area contributed by atoms with Gasteiger partial charge in [0.2, 0.25) is 5.88 Å². The van der Waals surface area contributed by atoms with E-state index in [1.807, 2.05) is 25.3 Å². The van der Waals surface area contributed by atoms with Crippen LogP contribution in [0.2, 0.25) is 0 Å². The molecule has 0 aliphatic carbocycles. The quantitative estimate of drug-likeness (QED) is 0.755. The number of nitrogens with zero attached hydrogens (tertiary/aromatic N) is 1. The van der Waals surface area contributed by atoms with E-state index in [2.05, 4.69) is 16.4 Å². The van der Waals surface area contributed by atoms with E-state index in [9.17, 15) is 0 Å². The summed E-state index contributed by atoms with van der Waals surface area (Å²) in [6.07, 6.45) is 5.81. The van der Waals surface area contributed by atoms with Crippen molar-refractivity contribution in [2.75, 3.05) is 20.7 Å². The zero-order valence-electron chi connectivity index (χ0n) is 7.95. The standard InChI is InChI=1S/C10H14N2O/c1-11-6-3-4-9-5-7-12-10(8-9)13-2/h3-5,7-8,11H,6H2,1-2H3. The molecule has 0 aliphatic heterocycles. The molecule has 0 fully saturated rings. The lowest BCUT2D eigenvalue weighted by atomic mass is 10.2. The van der Waals surface area contributed by atoms with E-state index >= 15 is 0 Å². The first kappa shape index (κ1) is 9.74. The van der Waals surface area contributed by atoms with Gasteiger partial charge >= 0.3 is 0 Å². The highest BCUT2D eigenvalue weighted by atomic mass is 16.5. The highest BCUT2D eigenvalue weighted by Gasteiger charge is 1.91. The molecule has 70 valence electrons. The molecule has 0 aromatic carbocycles. The van der Waals surface area contributed by atoms with Crippen LogP contribution >= 0.6 is 0 Å². The summed E-state index contributed by atoms with van der Waals surface area (Å²) in [6, 6.07) is 3.83. The summed E-state index contributed by atoms with van der Waals surface area (Å²) in [5, 5.41) is 3.03. The van der Waals surface area contributed by atoms with E-state index in [1.165, 1.54) is 0 Å². The average molecular weight is 178 g/mol. The van der Waals surface area contributed by atoms with Gasteiger partial charge < -0.3 is 10.1 Å². The van der Waals surface area contributed by atoms with Crippen molar-refractivity contribution in [2.24, 2.45) is 0 Å². The number of rotatable bonds is 4. The van der Waals surface area contributed by atoms with Crippen LogP contribution in [0.25, 0.3) is 6.08 Å². The fraction of sp³-hybridized carbons (Fsp3) is 0.300. The maximum absolute atomic E-state index is 5.00. The van der Waals surface area contributed by atoms with Crippen LogP contribution in [0.15, 0.2) is 24.4 Å². The molecule has 1 N–H and O–H groups in total. The first-order valence-electron chi connectivity index (χ1n) is 4.18. The highest BCUT2D eigenvalue weighted by Crippen LogP contribution is 2.09. The average Bonchev–Trinajstić information content (AvgIpc) is 2.19. The Morgan fingerprint density at radius 3 is 3.15 bits per heavy atom. The Bertz CT molecular complexity index is 284. The number of aromatic nitrogens is 1. The van der Waals surface area contributed by atoms with E-state index in [1.54, 1.807) is 13.3 Å². The fourth-order valence-electron chi connectivity index (χ4n) is 0.953. The first-order valence-corrected chi connectivity index (χ1v) is 4.18. The van der Waals surface area contributed by atoms with Crippen molar-refractivity contribution < 1.29 is 4.74 Å². The van der Waals surface area contributed by atoms with Gasteiger partial charge in [-0.3, -0.25) is 0 Å². The van der Waals surface area contributed by atoms with Crippen molar-refractivity contribution in [2.45, 2.75) is 0 Å². The number of hydrogen-bond acceptors (Lipinski definition) is 3. The minimum absolute atomic E-state index is 0.645. The zero-order valence-corrected chi connectivity index (χ0v) is 7.95. The molecule has 0 saturated heterocycles. The molecule has 0 amide bonds. The second-order valence-electron chi connectivity index (χ2n) is 2.59. The van der Waals surface area contributed by atoms with Gasteiger partial charge in [-0.05, 0) is 18.7 Å². The van der Waals surface area contributed by atoms with Crippen LogP contribution in [-0.4, -0.2) is 25.7 Å². The van der Waals surface area contributed by atoms with Crippen LogP contribution in [0.3, 0.4) is 0 Å². The summed E-state index contributed by atoms with van der Waals surface area (Å²) < 4.78 is 5.00. The summed E-state index contributed by atoms with van der Waals surface area (Å²) in [5.41, 5.74) is 1.10. The number of hydrogen-bond donors (Lipinski definition) is 1. The molecule has 0 atom stereocenters. The van der Waals surface area contributed by atoms with Crippen molar-refractivity contribution in [3.05, 3.63) is 30.0 Å². The minimum atomic E-state index is 0.645. The largest absolute Gasteiger partial charge is 0.481 e. The lowest BCUT2D eigenvalue weighted by molar-refractivity contribution is 0.398. The van der Waals surface area contributed by atoms with E-state index in [4.69, 9.17) is 4.74 Å². The first-order chi connectivity index (χ1) is 6.36. The lowest BCUT2D eigenvalue weighted by Gasteiger charge is -1.98. The fourth-order valence-corrected chi connectivity index (χ4v) is 0.953. The topological polar surface area (TPSA) is 34.2 Å². The molecule has 1 rings (SSSR count). The van der Waals surface area contributed by atoms with Gasteiger partial charge in [-0.15, -0.1) is 0 Å². The summed E-state index contributed by atoms with van der Waals surface area (Å²) >= 11 is 0. The molecule has 13 heavy (non-hydrogen) atoms. The van der Waals surface area contributed by atoms with Crippen LogP contribution in [0.5, 0.6) is 5.88 Å². The van der Waals surface area contributed by atoms with Crippen molar-refractivity contribution >= 4 is 6.08 Å². The Morgan fingerprint density at radius 2 is 2.46 bits per heavy atom. The van der Waals surface area contributed by atoms with Gasteiger partial charge in [-0.25, -0.2) is 4.98 Å². The van der Waals surface area contributed by atoms with Gasteiger partial charge in [0.1, 0.15) is 0 Å². The Balaban J connectivity index is 2.66. The van der Waals surface area contributed by atoms with Gasteiger partial charge in [0.15, 0.2) is 0 Å². The van der Waals surface area contributed by atoms with Crippen LogP contribution < -0.4 is 10.1 Å². The molecular formula is C10H14N2O. The Labute approximate surface area is 78.4 Å². The third kappa shape index (κ3) is 3.25. The van der Waals surface area contributed by atoms with Gasteiger partial charge in [-0.1, -0.05) is 12.2 Å². The summed E-state index contributed by atoms with van der Waals surface area (Å²) in [5.74, 6) is 0.645. The predicted molar refractivity (Wildman–Crippen MR) is 53.7 cm³/mol. The van der Waals surface area contributed by atoms with Gasteiger partial charge in [0.25, 0.3) is 0 Å². The maximum Gasteiger partial charge on any atom is 0.213 e. The summed E-state index contributed by atoms with van der Waals surface area (Å²) in [6.45, 7) is 0.866. The maximum atomic E-state index is 5.00. The predicted octanol–water partition coefficient (Wildman–Crippen LogP) is 1.32. The molecular weight excluding hydrogens is 164 g/mol. The summed E-state index contributed by atoms with van der Waals surface area (Å²) in [7, 11) is 3.53. The molecule has 1 heterocycles. The summed E-state index contributed by atoms with van der Waals surface area (Å²) in [4.78, 5) is 4.01. The van der Waals surface area contributed by atoms with Crippen LogP contribution in [-0.2, 0) is 0 Å². The van der Waals surface area contributed by atoms with Gasteiger partial charge in [-0.2, -0.15) is 0 Å². The number of methoxy groups -OCH3 is 1. The van der Waals surface area contributed by atoms with Crippen LogP contribution in [0.4, 0.5) is 0 Å². The van der Waals surface area contributed by atoms with Gasteiger partial charge in [0.05, 0.1) is 7.11 Å². The third-order valence-corrected chi connectivity index (χ3v) is 1.60. The zero-order chi connectivity index (χ0) is 9.52. The molecule has 0 bridgehead atoms. The molecule has 0 aliphatic rings. The normalized spacial score (nSPS) is 10.6. The molecule has 1 aromatic heterocycles. The monoisotopic (exact) mass is 178 g/mol. The molecule has 0 unspecified atom stereocenters. The van der Waals surface area contributed by atoms with Crippen molar-refractivity contribution in [1.82, 2.24) is 10.3 Å². The van der Waals surface area contributed by atoms with Crippen molar-refractivity contribution in [3.63, 3.8) is 0 Å². The van der Waals surface area contributed by atoms with E-state index < -0.39 is 0 Å². The SMILES string of the molecule is CNCC=Cc1ccnc(OC)c1. The second-order valence-corrected chi connectivity index (χ2v) is 2.59. The number of pyridine rings is 1. The molecule has 3 heteroatoms. The number of nitrogens with one attached hydrogen (secondary N) is 1. The Kier molecular flexibility index (Phi) is 3.99. The molecule has 0 saturated carbocycles. The molecule has 3 nitrogen and oxygen atoms in total. The molecule has 0 spiro atoms. The van der Waals surface area contributed by atoms with Gasteiger partial charge in [0, 0.05) is 18.8 Å². The third-order valence-electron chi connectivity index (χ3n) is 1.60. The van der Waals surface area contributed by atoms with Crippen molar-refractivity contribution in [1.29, 1.82) is 0 Å². The minimum Gasteiger partial charge on any atom is -0.481 e. The second kappa shape index (κ2) is 5.32. The Morgan fingerprint density at radius 1 is 1.62 bits per heavy atom. The van der Waals surface area contributed by atoms with E-state index in [0.29, 0.717) is 5.88 Å². The van der Waals surface area contributed by atoms with Crippen LogP contribution in [0, 0.1) is 0 Å². The van der Waals surface area contributed by atoms with Crippen LogP contribution in [0.1, 0.15) is 5.56 Å². The lowest BCUT2D eigenvalue weighted by Crippen LogP contribution is -2.03. The number of ether oxygens (including phenoxy) is 1.